The molecule has 3 aromatic rings. The minimum absolute atomic E-state index is 0.141. The van der Waals surface area contributed by atoms with Gasteiger partial charge in [-0.1, -0.05) is 48.5 Å². The van der Waals surface area contributed by atoms with E-state index in [9.17, 15) is 19.2 Å². The maximum Gasteiger partial charge on any atom is 0.514 e. The predicted molar refractivity (Wildman–Crippen MR) is 131 cm³/mol. The molecule has 0 unspecified atom stereocenters. The first kappa shape index (κ1) is 24.9. The number of rotatable bonds is 2. The molecule has 186 valence electrons. The first-order valence-electron chi connectivity index (χ1n) is 11.4. The van der Waals surface area contributed by atoms with Crippen molar-refractivity contribution in [2.45, 2.75) is 52.7 Å². The Morgan fingerprint density at radius 1 is 0.583 bits per heavy atom. The maximum atomic E-state index is 13.7. The summed E-state index contributed by atoms with van der Waals surface area (Å²) in [6.45, 7) is 10.0. The zero-order valence-electron chi connectivity index (χ0n) is 20.9. The summed E-state index contributed by atoms with van der Waals surface area (Å²) >= 11 is 0. The fourth-order valence-electron chi connectivity index (χ4n) is 3.88. The third-order valence-electron chi connectivity index (χ3n) is 5.14. The second-order valence-electron chi connectivity index (χ2n) is 10.3. The standard InChI is InChI=1S/C28H26O8/c1-27(2,3)35-25(31)33-23-17-13-9-10-14-18(17)24(34-26(32)36-28(4,5)6)20-19(23)21(29)15-11-7-8-12-16(15)22(20)30/h7-14H,1-6H3. The highest BCUT2D eigenvalue weighted by atomic mass is 16.7. The second-order valence-corrected chi connectivity index (χ2v) is 10.3. The summed E-state index contributed by atoms with van der Waals surface area (Å²) in [6, 6.07) is 12.8. The number of carbonyl (C=O) groups is 4. The van der Waals surface area contributed by atoms with Gasteiger partial charge < -0.3 is 18.9 Å². The van der Waals surface area contributed by atoms with Crippen molar-refractivity contribution in [3.63, 3.8) is 0 Å². The molecule has 0 fully saturated rings. The molecule has 0 aliphatic heterocycles. The molecule has 0 saturated carbocycles. The van der Waals surface area contributed by atoms with E-state index in [0.717, 1.165) is 0 Å². The Kier molecular flexibility index (Phi) is 6.08. The van der Waals surface area contributed by atoms with Crippen LogP contribution in [0.3, 0.4) is 0 Å². The van der Waals surface area contributed by atoms with E-state index in [-0.39, 0.29) is 44.5 Å². The van der Waals surface area contributed by atoms with Crippen LogP contribution in [0.25, 0.3) is 10.8 Å². The average Bonchev–Trinajstić information content (AvgIpc) is 2.76. The normalized spacial score (nSPS) is 13.1. The van der Waals surface area contributed by atoms with E-state index in [1.54, 1.807) is 77.9 Å². The van der Waals surface area contributed by atoms with Crippen LogP contribution in [0.4, 0.5) is 9.59 Å². The van der Waals surface area contributed by atoms with Gasteiger partial charge in [-0.25, -0.2) is 9.59 Å². The lowest BCUT2D eigenvalue weighted by molar-refractivity contribution is 0.0187. The molecule has 0 spiro atoms. The Balaban J connectivity index is 2.00. The van der Waals surface area contributed by atoms with Gasteiger partial charge in [0.25, 0.3) is 0 Å². The number of hydrogen-bond donors (Lipinski definition) is 0. The Morgan fingerprint density at radius 2 is 0.917 bits per heavy atom. The molecular weight excluding hydrogens is 464 g/mol. The molecule has 8 nitrogen and oxygen atoms in total. The van der Waals surface area contributed by atoms with Gasteiger partial charge in [0.05, 0.1) is 11.1 Å². The topological polar surface area (TPSA) is 105 Å². The molecule has 0 atom stereocenters. The highest BCUT2D eigenvalue weighted by Crippen LogP contribution is 2.46. The molecule has 0 radical (unpaired) electrons. The number of hydrogen-bond acceptors (Lipinski definition) is 8. The quantitative estimate of drug-likeness (QED) is 0.240. The van der Waals surface area contributed by atoms with Gasteiger partial charge >= 0.3 is 12.3 Å². The molecular formula is C28H26O8. The lowest BCUT2D eigenvalue weighted by atomic mass is 9.81. The number of fused-ring (bicyclic) bond motifs is 3. The van der Waals surface area contributed by atoms with Crippen LogP contribution in [0.2, 0.25) is 0 Å². The van der Waals surface area contributed by atoms with Crippen molar-refractivity contribution < 1.29 is 38.1 Å². The summed E-state index contributed by atoms with van der Waals surface area (Å²) in [4.78, 5) is 52.7. The number of carbonyl (C=O) groups excluding carboxylic acids is 4. The van der Waals surface area contributed by atoms with E-state index in [4.69, 9.17) is 18.9 Å². The van der Waals surface area contributed by atoms with E-state index < -0.39 is 35.1 Å². The van der Waals surface area contributed by atoms with E-state index in [1.165, 1.54) is 12.1 Å². The van der Waals surface area contributed by atoms with E-state index in [0.29, 0.717) is 0 Å². The second kappa shape index (κ2) is 8.78. The highest BCUT2D eigenvalue weighted by Gasteiger charge is 2.39. The van der Waals surface area contributed by atoms with Crippen LogP contribution in [0.15, 0.2) is 48.5 Å². The van der Waals surface area contributed by atoms with Gasteiger partial charge in [-0.05, 0) is 41.5 Å². The average molecular weight is 491 g/mol. The smallest absolute Gasteiger partial charge is 0.428 e. The SMILES string of the molecule is CC(C)(C)OC(=O)Oc1c2c(c(OC(=O)OC(C)(C)C)c3ccccc13)C(=O)c1ccccc1C2=O. The minimum Gasteiger partial charge on any atom is -0.428 e. The Hall–Kier alpha value is -4.20. The van der Waals surface area contributed by atoms with E-state index >= 15 is 0 Å². The molecule has 4 rings (SSSR count). The Bertz CT molecular complexity index is 1310. The number of benzene rings is 3. The van der Waals surface area contributed by atoms with Crippen LogP contribution >= 0.6 is 0 Å². The lowest BCUT2D eigenvalue weighted by Crippen LogP contribution is -2.29. The molecule has 8 heteroatoms. The first-order chi connectivity index (χ1) is 16.8. The largest absolute Gasteiger partial charge is 0.514 e. The molecule has 0 heterocycles. The molecule has 1 aliphatic rings. The maximum absolute atomic E-state index is 13.7. The summed E-state index contributed by atoms with van der Waals surface area (Å²) in [5, 5.41) is 0.558. The van der Waals surface area contributed by atoms with Crippen molar-refractivity contribution >= 4 is 34.6 Å². The first-order valence-corrected chi connectivity index (χ1v) is 11.4. The summed E-state index contributed by atoms with van der Waals surface area (Å²) in [6.07, 6.45) is -2.09. The molecule has 0 amide bonds. The van der Waals surface area contributed by atoms with Crippen molar-refractivity contribution in [2.24, 2.45) is 0 Å². The van der Waals surface area contributed by atoms with Gasteiger partial charge in [-0.3, -0.25) is 9.59 Å². The fourth-order valence-corrected chi connectivity index (χ4v) is 3.88. The van der Waals surface area contributed by atoms with Gasteiger partial charge in [0.2, 0.25) is 0 Å². The van der Waals surface area contributed by atoms with Crippen molar-refractivity contribution in [3.05, 3.63) is 70.8 Å². The monoisotopic (exact) mass is 490 g/mol. The Labute approximate surface area is 208 Å². The minimum atomic E-state index is -1.05. The molecule has 3 aromatic carbocycles. The molecule has 0 saturated heterocycles. The van der Waals surface area contributed by atoms with Crippen LogP contribution < -0.4 is 9.47 Å². The lowest BCUT2D eigenvalue weighted by Gasteiger charge is -2.25. The van der Waals surface area contributed by atoms with Crippen molar-refractivity contribution in [3.8, 4) is 11.5 Å². The van der Waals surface area contributed by atoms with Crippen LogP contribution in [0.5, 0.6) is 11.5 Å². The zero-order valence-corrected chi connectivity index (χ0v) is 20.9. The third kappa shape index (κ3) is 4.79. The molecule has 1 aliphatic carbocycles. The molecule has 36 heavy (non-hydrogen) atoms. The summed E-state index contributed by atoms with van der Waals surface area (Å²) < 4.78 is 21.7. The van der Waals surface area contributed by atoms with Crippen LogP contribution in [-0.4, -0.2) is 35.1 Å². The Morgan fingerprint density at radius 3 is 1.25 bits per heavy atom. The molecule has 0 bridgehead atoms. The van der Waals surface area contributed by atoms with Crippen molar-refractivity contribution in [2.75, 3.05) is 0 Å². The van der Waals surface area contributed by atoms with Crippen molar-refractivity contribution in [1.29, 1.82) is 0 Å². The summed E-state index contributed by atoms with van der Waals surface area (Å²) in [5.41, 5.74) is -1.83. The zero-order chi connectivity index (χ0) is 26.4. The molecule has 0 aromatic heterocycles. The van der Waals surface area contributed by atoms with Crippen LogP contribution in [-0.2, 0) is 9.47 Å². The third-order valence-corrected chi connectivity index (χ3v) is 5.14. The van der Waals surface area contributed by atoms with Gasteiger partial charge in [-0.2, -0.15) is 0 Å². The summed E-state index contributed by atoms with van der Waals surface area (Å²) in [7, 11) is 0. The van der Waals surface area contributed by atoms with Gasteiger partial charge in [0.15, 0.2) is 23.1 Å². The van der Waals surface area contributed by atoms with Crippen LogP contribution in [0, 0.1) is 0 Å². The van der Waals surface area contributed by atoms with Gasteiger partial charge in [0, 0.05) is 21.9 Å². The van der Waals surface area contributed by atoms with Crippen LogP contribution in [0.1, 0.15) is 73.4 Å². The predicted octanol–water partition coefficient (Wildman–Crippen LogP) is 6.24. The van der Waals surface area contributed by atoms with E-state index in [2.05, 4.69) is 0 Å². The van der Waals surface area contributed by atoms with E-state index in [1.807, 2.05) is 0 Å². The van der Waals surface area contributed by atoms with Crippen molar-refractivity contribution in [1.82, 2.24) is 0 Å². The van der Waals surface area contributed by atoms with Gasteiger partial charge in [-0.15, -0.1) is 0 Å². The highest BCUT2D eigenvalue weighted by molar-refractivity contribution is 6.32. The fraction of sp³-hybridized carbons (Fsp3) is 0.286. The molecule has 0 N–H and O–H groups in total. The summed E-state index contributed by atoms with van der Waals surface area (Å²) in [5.74, 6) is -1.42. The van der Waals surface area contributed by atoms with Gasteiger partial charge in [0.1, 0.15) is 11.2 Å². The number of ether oxygens (including phenoxy) is 4. The number of ketones is 2.